The fourth-order valence-electron chi connectivity index (χ4n) is 2.60. The number of carbonyl (C=O) groups excluding carboxylic acids is 2. The molecular formula is C21H19FN2O3. The van der Waals surface area contributed by atoms with Crippen molar-refractivity contribution in [2.24, 2.45) is 0 Å². The number of benzene rings is 2. The summed E-state index contributed by atoms with van der Waals surface area (Å²) in [7, 11) is 0. The first-order valence-corrected chi connectivity index (χ1v) is 8.51. The molecule has 2 aromatic carbocycles. The standard InChI is InChI=1S/C21H19FN2O3/c1-14-8-9-16(13-18(14)24-21(26)19-7-4-12-27-19)20(25)23-11-10-15-5-2-3-6-17(15)22/h2-9,12-13H,10-11H2,1H3,(H,23,25)(H,24,26). The summed E-state index contributed by atoms with van der Waals surface area (Å²) in [5, 5.41) is 5.50. The zero-order valence-electron chi connectivity index (χ0n) is 14.8. The van der Waals surface area contributed by atoms with Crippen LogP contribution in [-0.4, -0.2) is 18.4 Å². The molecule has 0 saturated heterocycles. The molecule has 1 aromatic heterocycles. The van der Waals surface area contributed by atoms with Crippen molar-refractivity contribution in [2.45, 2.75) is 13.3 Å². The minimum atomic E-state index is -0.389. The molecule has 3 aromatic rings. The van der Waals surface area contributed by atoms with Crippen molar-refractivity contribution >= 4 is 17.5 Å². The van der Waals surface area contributed by atoms with Gasteiger partial charge in [-0.05, 0) is 54.8 Å². The highest BCUT2D eigenvalue weighted by molar-refractivity contribution is 6.03. The van der Waals surface area contributed by atoms with Gasteiger partial charge < -0.3 is 15.1 Å². The molecule has 0 saturated carbocycles. The van der Waals surface area contributed by atoms with E-state index in [1.54, 1.807) is 48.5 Å². The van der Waals surface area contributed by atoms with Gasteiger partial charge in [0.25, 0.3) is 11.8 Å². The maximum atomic E-state index is 13.6. The van der Waals surface area contributed by atoms with Gasteiger partial charge in [-0.2, -0.15) is 0 Å². The summed E-state index contributed by atoms with van der Waals surface area (Å²) in [6, 6.07) is 14.7. The summed E-state index contributed by atoms with van der Waals surface area (Å²) < 4.78 is 18.7. The Morgan fingerprint density at radius 1 is 1.04 bits per heavy atom. The fraction of sp³-hybridized carbons (Fsp3) is 0.143. The van der Waals surface area contributed by atoms with E-state index in [9.17, 15) is 14.0 Å². The first kappa shape index (κ1) is 18.4. The number of nitrogens with one attached hydrogen (secondary N) is 2. The van der Waals surface area contributed by atoms with E-state index in [1.807, 2.05) is 6.92 Å². The Kier molecular flexibility index (Phi) is 5.66. The lowest BCUT2D eigenvalue weighted by molar-refractivity contribution is 0.0952. The van der Waals surface area contributed by atoms with Crippen LogP contribution in [0.2, 0.25) is 0 Å². The van der Waals surface area contributed by atoms with Crippen molar-refractivity contribution in [3.05, 3.63) is 89.1 Å². The third-order valence-electron chi connectivity index (χ3n) is 4.13. The van der Waals surface area contributed by atoms with Gasteiger partial charge in [-0.25, -0.2) is 4.39 Å². The van der Waals surface area contributed by atoms with Gasteiger partial charge in [0.1, 0.15) is 5.82 Å². The maximum Gasteiger partial charge on any atom is 0.291 e. The lowest BCUT2D eigenvalue weighted by Crippen LogP contribution is -2.26. The molecule has 138 valence electrons. The zero-order chi connectivity index (χ0) is 19.2. The average molecular weight is 366 g/mol. The number of aryl methyl sites for hydroxylation is 1. The predicted molar refractivity (Wildman–Crippen MR) is 100 cm³/mol. The van der Waals surface area contributed by atoms with Gasteiger partial charge in [0.2, 0.25) is 0 Å². The number of rotatable bonds is 6. The number of carbonyl (C=O) groups is 2. The number of anilines is 1. The summed E-state index contributed by atoms with van der Waals surface area (Å²) in [5.74, 6) is -0.779. The van der Waals surface area contributed by atoms with Crippen LogP contribution in [0.5, 0.6) is 0 Å². The summed E-state index contributed by atoms with van der Waals surface area (Å²) in [6.45, 7) is 2.14. The number of hydrogen-bond acceptors (Lipinski definition) is 3. The van der Waals surface area contributed by atoms with Gasteiger partial charge in [-0.3, -0.25) is 9.59 Å². The number of amides is 2. The fourth-order valence-corrected chi connectivity index (χ4v) is 2.60. The van der Waals surface area contributed by atoms with Gasteiger partial charge in [0, 0.05) is 17.8 Å². The molecule has 0 spiro atoms. The van der Waals surface area contributed by atoms with Crippen LogP contribution in [0.15, 0.2) is 65.3 Å². The summed E-state index contributed by atoms with van der Waals surface area (Å²) in [5.41, 5.74) is 2.30. The Morgan fingerprint density at radius 2 is 1.85 bits per heavy atom. The molecule has 5 nitrogen and oxygen atoms in total. The largest absolute Gasteiger partial charge is 0.459 e. The Bertz CT molecular complexity index is 952. The number of hydrogen-bond donors (Lipinski definition) is 2. The van der Waals surface area contributed by atoms with Crippen LogP contribution in [0.3, 0.4) is 0 Å². The summed E-state index contributed by atoms with van der Waals surface area (Å²) >= 11 is 0. The third-order valence-corrected chi connectivity index (χ3v) is 4.13. The first-order valence-electron chi connectivity index (χ1n) is 8.51. The molecule has 0 unspecified atom stereocenters. The highest BCUT2D eigenvalue weighted by Gasteiger charge is 2.13. The highest BCUT2D eigenvalue weighted by atomic mass is 19.1. The van der Waals surface area contributed by atoms with Gasteiger partial charge in [0.05, 0.1) is 6.26 Å². The van der Waals surface area contributed by atoms with Gasteiger partial charge in [-0.1, -0.05) is 24.3 Å². The lowest BCUT2D eigenvalue weighted by atomic mass is 10.1. The van der Waals surface area contributed by atoms with Crippen LogP contribution in [0.1, 0.15) is 32.0 Å². The normalized spacial score (nSPS) is 10.4. The lowest BCUT2D eigenvalue weighted by Gasteiger charge is -2.10. The van der Waals surface area contributed by atoms with Crippen molar-refractivity contribution in [1.29, 1.82) is 0 Å². The van der Waals surface area contributed by atoms with Crippen molar-refractivity contribution < 1.29 is 18.4 Å². The third kappa shape index (κ3) is 4.61. The smallest absolute Gasteiger partial charge is 0.291 e. The Morgan fingerprint density at radius 3 is 2.59 bits per heavy atom. The van der Waals surface area contributed by atoms with Crippen LogP contribution in [0, 0.1) is 12.7 Å². The Labute approximate surface area is 156 Å². The van der Waals surface area contributed by atoms with E-state index in [4.69, 9.17) is 4.42 Å². The van der Waals surface area contributed by atoms with Crippen molar-refractivity contribution in [3.63, 3.8) is 0 Å². The predicted octanol–water partition coefficient (Wildman–Crippen LogP) is 3.95. The van der Waals surface area contributed by atoms with E-state index >= 15 is 0 Å². The van der Waals surface area contributed by atoms with Crippen molar-refractivity contribution in [3.8, 4) is 0 Å². The summed E-state index contributed by atoms with van der Waals surface area (Å²) in [6.07, 6.45) is 1.81. The topological polar surface area (TPSA) is 71.3 Å². The summed E-state index contributed by atoms with van der Waals surface area (Å²) in [4.78, 5) is 24.5. The van der Waals surface area contributed by atoms with Gasteiger partial charge in [0.15, 0.2) is 5.76 Å². The van der Waals surface area contributed by atoms with E-state index in [1.165, 1.54) is 12.3 Å². The molecule has 2 N–H and O–H groups in total. The Hall–Kier alpha value is -3.41. The molecule has 0 aliphatic heterocycles. The van der Waals surface area contributed by atoms with E-state index < -0.39 is 0 Å². The average Bonchev–Trinajstić information content (AvgIpc) is 3.20. The number of halogens is 1. The molecule has 0 fully saturated rings. The molecule has 0 atom stereocenters. The van der Waals surface area contributed by atoms with Crippen molar-refractivity contribution in [1.82, 2.24) is 5.32 Å². The van der Waals surface area contributed by atoms with Crippen LogP contribution in [0.4, 0.5) is 10.1 Å². The zero-order valence-corrected chi connectivity index (χ0v) is 14.8. The molecule has 3 rings (SSSR count). The SMILES string of the molecule is Cc1ccc(C(=O)NCCc2ccccc2F)cc1NC(=O)c1ccco1. The maximum absolute atomic E-state index is 13.6. The second kappa shape index (κ2) is 8.31. The van der Waals surface area contributed by atoms with Crippen LogP contribution in [0.25, 0.3) is 0 Å². The van der Waals surface area contributed by atoms with Crippen molar-refractivity contribution in [2.75, 3.05) is 11.9 Å². The highest BCUT2D eigenvalue weighted by Crippen LogP contribution is 2.18. The molecule has 27 heavy (non-hydrogen) atoms. The Balaban J connectivity index is 1.63. The van der Waals surface area contributed by atoms with Gasteiger partial charge in [-0.15, -0.1) is 0 Å². The molecule has 0 radical (unpaired) electrons. The van der Waals surface area contributed by atoms with E-state index in [2.05, 4.69) is 10.6 Å². The van der Waals surface area contributed by atoms with E-state index in [-0.39, 0.29) is 23.4 Å². The van der Waals surface area contributed by atoms with Crippen LogP contribution >= 0.6 is 0 Å². The monoisotopic (exact) mass is 366 g/mol. The molecule has 0 aliphatic carbocycles. The number of furan rings is 1. The van der Waals surface area contributed by atoms with Gasteiger partial charge >= 0.3 is 0 Å². The molecule has 6 heteroatoms. The minimum absolute atomic E-state index is 0.189. The minimum Gasteiger partial charge on any atom is -0.459 e. The van der Waals surface area contributed by atoms with Crippen LogP contribution < -0.4 is 10.6 Å². The molecule has 2 amide bonds. The van der Waals surface area contributed by atoms with Crippen LogP contribution in [-0.2, 0) is 6.42 Å². The second-order valence-corrected chi connectivity index (χ2v) is 6.06. The quantitative estimate of drug-likeness (QED) is 0.694. The molecule has 0 bridgehead atoms. The van der Waals surface area contributed by atoms with E-state index in [0.717, 1.165) is 5.56 Å². The molecule has 1 heterocycles. The molecule has 0 aliphatic rings. The first-order chi connectivity index (χ1) is 13.0. The molecular weight excluding hydrogens is 347 g/mol. The van der Waals surface area contributed by atoms with E-state index in [0.29, 0.717) is 29.8 Å². The second-order valence-electron chi connectivity index (χ2n) is 6.06.